The lowest BCUT2D eigenvalue weighted by Crippen LogP contribution is -2.33. The van der Waals surface area contributed by atoms with Gasteiger partial charge in [0, 0.05) is 16.2 Å². The quantitative estimate of drug-likeness (QED) is 0.721. The van der Waals surface area contributed by atoms with E-state index in [0.29, 0.717) is 17.1 Å². The zero-order valence-electron chi connectivity index (χ0n) is 13.7. The van der Waals surface area contributed by atoms with E-state index in [1.165, 1.54) is 12.3 Å². The van der Waals surface area contributed by atoms with E-state index in [2.05, 4.69) is 26.3 Å². The normalized spacial score (nSPS) is 12.0. The van der Waals surface area contributed by atoms with Crippen molar-refractivity contribution in [2.24, 2.45) is 0 Å². The van der Waals surface area contributed by atoms with Crippen molar-refractivity contribution in [1.29, 1.82) is 0 Å². The number of anilines is 1. The molecule has 0 bridgehead atoms. The summed E-state index contributed by atoms with van der Waals surface area (Å²) < 4.78 is 7.38. The fourth-order valence-corrected chi connectivity index (χ4v) is 2.85. The second-order valence-corrected chi connectivity index (χ2v) is 6.52. The molecule has 0 aliphatic carbocycles. The summed E-state index contributed by atoms with van der Waals surface area (Å²) in [5.74, 6) is 0.210. The van der Waals surface area contributed by atoms with Crippen LogP contribution < -0.4 is 10.9 Å². The zero-order chi connectivity index (χ0) is 18.0. The summed E-state index contributed by atoms with van der Waals surface area (Å²) in [5.41, 5.74) is 1.74. The molecule has 0 fully saturated rings. The first-order valence-corrected chi connectivity index (χ1v) is 8.46. The molecule has 1 aromatic carbocycles. The number of carbonyl (C=O) groups excluding carboxylic acids is 1. The summed E-state index contributed by atoms with van der Waals surface area (Å²) in [5, 5.41) is 7.09. The Hall–Kier alpha value is -2.67. The van der Waals surface area contributed by atoms with Gasteiger partial charge in [-0.15, -0.1) is 0 Å². The molecule has 0 saturated heterocycles. The Morgan fingerprint density at radius 2 is 2.08 bits per heavy atom. The fraction of sp³-hybridized carbons (Fsp3) is 0.167. The first-order chi connectivity index (χ1) is 12.0. The average Bonchev–Trinajstić information content (AvgIpc) is 3.11. The molecule has 0 spiro atoms. The number of rotatable bonds is 4. The molecule has 3 aromatic rings. The van der Waals surface area contributed by atoms with Gasteiger partial charge in [-0.2, -0.15) is 5.10 Å². The maximum absolute atomic E-state index is 12.6. The molecule has 1 amide bonds. The highest BCUT2D eigenvalue weighted by Crippen LogP contribution is 2.21. The summed E-state index contributed by atoms with van der Waals surface area (Å²) in [7, 11) is 0. The standard InChI is InChI=1S/C18H16BrN3O3/c1-11-10-13(19)5-6-14(11)20-18(24)12(2)22-17(23)8-7-15(21-22)16-4-3-9-25-16/h3-10,12H,1-2H3,(H,20,24). The van der Waals surface area contributed by atoms with Gasteiger partial charge in [0.05, 0.1) is 6.26 Å². The van der Waals surface area contributed by atoms with Gasteiger partial charge >= 0.3 is 0 Å². The van der Waals surface area contributed by atoms with Crippen LogP contribution in [0, 0.1) is 6.92 Å². The van der Waals surface area contributed by atoms with E-state index in [1.807, 2.05) is 19.1 Å². The summed E-state index contributed by atoms with van der Waals surface area (Å²) in [4.78, 5) is 24.7. The Kier molecular flexibility index (Phi) is 4.85. The SMILES string of the molecule is Cc1cc(Br)ccc1NC(=O)C(C)n1nc(-c2ccco2)ccc1=O. The van der Waals surface area contributed by atoms with E-state index in [1.54, 1.807) is 31.2 Å². The van der Waals surface area contributed by atoms with Crippen LogP contribution in [-0.4, -0.2) is 15.7 Å². The largest absolute Gasteiger partial charge is 0.463 e. The van der Waals surface area contributed by atoms with Gasteiger partial charge in [0.2, 0.25) is 5.91 Å². The summed E-state index contributed by atoms with van der Waals surface area (Å²) in [6.07, 6.45) is 1.53. The Morgan fingerprint density at radius 3 is 2.76 bits per heavy atom. The van der Waals surface area contributed by atoms with Crippen molar-refractivity contribution < 1.29 is 9.21 Å². The third-order valence-corrected chi connectivity index (χ3v) is 4.28. The molecule has 0 radical (unpaired) electrons. The van der Waals surface area contributed by atoms with E-state index in [-0.39, 0.29) is 11.5 Å². The minimum absolute atomic E-state index is 0.323. The molecule has 2 heterocycles. The second kappa shape index (κ2) is 7.06. The van der Waals surface area contributed by atoms with Crippen molar-refractivity contribution in [2.45, 2.75) is 19.9 Å². The Labute approximate surface area is 152 Å². The number of hydrogen-bond acceptors (Lipinski definition) is 4. The topological polar surface area (TPSA) is 77.1 Å². The van der Waals surface area contributed by atoms with Gasteiger partial charge in [0.25, 0.3) is 5.56 Å². The van der Waals surface area contributed by atoms with Crippen molar-refractivity contribution >= 4 is 27.5 Å². The minimum atomic E-state index is -0.773. The molecule has 0 saturated carbocycles. The predicted molar refractivity (Wildman–Crippen MR) is 98.4 cm³/mol. The van der Waals surface area contributed by atoms with Gasteiger partial charge in [-0.05, 0) is 55.8 Å². The van der Waals surface area contributed by atoms with E-state index < -0.39 is 6.04 Å². The zero-order valence-corrected chi connectivity index (χ0v) is 15.3. The number of carbonyl (C=O) groups is 1. The van der Waals surface area contributed by atoms with Crippen molar-refractivity contribution in [3.63, 3.8) is 0 Å². The minimum Gasteiger partial charge on any atom is -0.463 e. The van der Waals surface area contributed by atoms with Crippen LogP contribution in [-0.2, 0) is 4.79 Å². The maximum Gasteiger partial charge on any atom is 0.267 e. The van der Waals surface area contributed by atoms with Crippen LogP contribution >= 0.6 is 15.9 Å². The first-order valence-electron chi connectivity index (χ1n) is 7.66. The maximum atomic E-state index is 12.6. The van der Waals surface area contributed by atoms with Crippen LogP contribution in [0.2, 0.25) is 0 Å². The number of amides is 1. The molecule has 7 heteroatoms. The Balaban J connectivity index is 1.87. The average molecular weight is 402 g/mol. The molecule has 25 heavy (non-hydrogen) atoms. The van der Waals surface area contributed by atoms with Gasteiger partial charge in [-0.3, -0.25) is 9.59 Å². The van der Waals surface area contributed by atoms with Crippen molar-refractivity contribution in [3.8, 4) is 11.5 Å². The number of furan rings is 1. The lowest BCUT2D eigenvalue weighted by molar-refractivity contribution is -0.119. The summed E-state index contributed by atoms with van der Waals surface area (Å²) >= 11 is 3.39. The monoisotopic (exact) mass is 401 g/mol. The Bertz CT molecular complexity index is 964. The van der Waals surface area contributed by atoms with Crippen LogP contribution in [0.1, 0.15) is 18.5 Å². The number of halogens is 1. The van der Waals surface area contributed by atoms with Gasteiger partial charge in [0.1, 0.15) is 11.7 Å². The fourth-order valence-electron chi connectivity index (χ4n) is 2.37. The molecular formula is C18H16BrN3O3. The number of aryl methyl sites for hydroxylation is 1. The van der Waals surface area contributed by atoms with E-state index in [9.17, 15) is 9.59 Å². The summed E-state index contributed by atoms with van der Waals surface area (Å²) in [6, 6.07) is 11.2. The molecule has 3 rings (SSSR count). The highest BCUT2D eigenvalue weighted by Gasteiger charge is 2.19. The summed E-state index contributed by atoms with van der Waals surface area (Å²) in [6.45, 7) is 3.52. The smallest absolute Gasteiger partial charge is 0.267 e. The molecule has 1 unspecified atom stereocenters. The molecule has 0 aliphatic rings. The second-order valence-electron chi connectivity index (χ2n) is 5.60. The molecule has 1 atom stereocenters. The predicted octanol–water partition coefficient (Wildman–Crippen LogP) is 3.77. The number of nitrogens with zero attached hydrogens (tertiary/aromatic N) is 2. The third-order valence-electron chi connectivity index (χ3n) is 3.79. The van der Waals surface area contributed by atoms with Crippen LogP contribution in [0.4, 0.5) is 5.69 Å². The third kappa shape index (κ3) is 3.71. The lowest BCUT2D eigenvalue weighted by Gasteiger charge is -2.15. The number of benzene rings is 1. The molecular weight excluding hydrogens is 386 g/mol. The van der Waals surface area contributed by atoms with Gasteiger partial charge in [-0.25, -0.2) is 4.68 Å². The molecule has 0 aliphatic heterocycles. The first kappa shape index (κ1) is 17.2. The van der Waals surface area contributed by atoms with E-state index in [0.717, 1.165) is 14.7 Å². The van der Waals surface area contributed by atoms with Crippen LogP contribution in [0.5, 0.6) is 0 Å². The van der Waals surface area contributed by atoms with Gasteiger partial charge < -0.3 is 9.73 Å². The van der Waals surface area contributed by atoms with Crippen LogP contribution in [0.15, 0.2) is 62.4 Å². The highest BCUT2D eigenvalue weighted by atomic mass is 79.9. The Morgan fingerprint density at radius 1 is 1.28 bits per heavy atom. The number of aromatic nitrogens is 2. The van der Waals surface area contributed by atoms with Crippen LogP contribution in [0.3, 0.4) is 0 Å². The van der Waals surface area contributed by atoms with E-state index >= 15 is 0 Å². The molecule has 2 aromatic heterocycles. The van der Waals surface area contributed by atoms with Crippen LogP contribution in [0.25, 0.3) is 11.5 Å². The van der Waals surface area contributed by atoms with Gasteiger partial charge in [0.15, 0.2) is 5.76 Å². The van der Waals surface area contributed by atoms with E-state index in [4.69, 9.17) is 4.42 Å². The number of hydrogen-bond donors (Lipinski definition) is 1. The lowest BCUT2D eigenvalue weighted by atomic mass is 10.2. The highest BCUT2D eigenvalue weighted by molar-refractivity contribution is 9.10. The molecule has 1 N–H and O–H groups in total. The van der Waals surface area contributed by atoms with Gasteiger partial charge in [-0.1, -0.05) is 15.9 Å². The van der Waals surface area contributed by atoms with Crippen molar-refractivity contribution in [1.82, 2.24) is 9.78 Å². The van der Waals surface area contributed by atoms with Crippen molar-refractivity contribution in [3.05, 3.63) is 69.1 Å². The molecule has 6 nitrogen and oxygen atoms in total. The number of nitrogens with one attached hydrogen (secondary N) is 1. The molecule has 128 valence electrons. The van der Waals surface area contributed by atoms with Crippen molar-refractivity contribution in [2.75, 3.05) is 5.32 Å².